The average molecular weight is 271 g/mol. The third-order valence-corrected chi connectivity index (χ3v) is 3.51. The van der Waals surface area contributed by atoms with Crippen LogP contribution < -0.4 is 5.32 Å². The molecule has 1 aromatic carbocycles. The van der Waals surface area contributed by atoms with Gasteiger partial charge in [-0.3, -0.25) is 4.79 Å². The molecule has 1 N–H and O–H groups in total. The molecule has 1 aromatic rings. The molecule has 18 heavy (non-hydrogen) atoms. The monoisotopic (exact) mass is 270 g/mol. The van der Waals surface area contributed by atoms with Crippen molar-refractivity contribution in [1.82, 2.24) is 10.2 Å². The number of benzene rings is 1. The summed E-state index contributed by atoms with van der Waals surface area (Å²) in [4.78, 5) is 13.9. The number of amides is 1. The molecule has 0 aromatic heterocycles. The molecule has 1 fully saturated rings. The molecule has 1 aliphatic rings. The maximum Gasteiger partial charge on any atom is 0.242 e. The van der Waals surface area contributed by atoms with Gasteiger partial charge >= 0.3 is 0 Å². The van der Waals surface area contributed by atoms with Crippen molar-refractivity contribution in [3.05, 3.63) is 34.6 Å². The minimum Gasteiger partial charge on any atom is -0.335 e. The summed E-state index contributed by atoms with van der Waals surface area (Å²) in [6.07, 6.45) is 0. The van der Waals surface area contributed by atoms with Crippen LogP contribution >= 0.6 is 11.6 Å². The Morgan fingerprint density at radius 2 is 2.22 bits per heavy atom. The largest absolute Gasteiger partial charge is 0.335 e. The first-order valence-electron chi connectivity index (χ1n) is 5.88. The predicted octanol–water partition coefficient (Wildman–Crippen LogP) is 2.19. The van der Waals surface area contributed by atoms with Crippen LogP contribution in [0, 0.1) is 5.82 Å². The molecule has 0 bridgehead atoms. The van der Waals surface area contributed by atoms with Gasteiger partial charge in [-0.25, -0.2) is 4.39 Å². The number of hydrogen-bond donors (Lipinski definition) is 1. The Labute approximate surface area is 111 Å². The molecule has 0 saturated carbocycles. The molecular weight excluding hydrogens is 255 g/mol. The van der Waals surface area contributed by atoms with E-state index in [4.69, 9.17) is 11.6 Å². The Hall–Kier alpha value is -1.13. The first kappa shape index (κ1) is 13.3. The number of carbonyl (C=O) groups excluding carboxylic acids is 1. The van der Waals surface area contributed by atoms with Gasteiger partial charge in [-0.15, -0.1) is 0 Å². The summed E-state index contributed by atoms with van der Waals surface area (Å²) < 4.78 is 13.2. The number of carbonyl (C=O) groups is 1. The summed E-state index contributed by atoms with van der Waals surface area (Å²) in [5.41, 5.74) is 0.0700. The van der Waals surface area contributed by atoms with E-state index in [0.29, 0.717) is 23.7 Å². The minimum absolute atomic E-state index is 0.00841. The molecule has 0 unspecified atom stereocenters. The molecule has 1 saturated heterocycles. The van der Waals surface area contributed by atoms with Crippen molar-refractivity contribution >= 4 is 17.5 Å². The van der Waals surface area contributed by atoms with E-state index in [9.17, 15) is 9.18 Å². The third kappa shape index (κ3) is 2.65. The maximum absolute atomic E-state index is 13.2. The Kier molecular flexibility index (Phi) is 3.59. The van der Waals surface area contributed by atoms with Crippen molar-refractivity contribution in [2.75, 3.05) is 13.1 Å². The highest BCUT2D eigenvalue weighted by Crippen LogP contribution is 2.21. The van der Waals surface area contributed by atoms with E-state index >= 15 is 0 Å². The van der Waals surface area contributed by atoms with E-state index < -0.39 is 5.54 Å². The number of nitrogens with one attached hydrogen (secondary N) is 1. The van der Waals surface area contributed by atoms with Crippen LogP contribution in [0.1, 0.15) is 19.4 Å². The van der Waals surface area contributed by atoms with E-state index in [1.165, 1.54) is 18.2 Å². The highest BCUT2D eigenvalue weighted by molar-refractivity contribution is 6.31. The number of rotatable bonds is 2. The lowest BCUT2D eigenvalue weighted by Gasteiger charge is -2.38. The molecule has 0 aliphatic carbocycles. The van der Waals surface area contributed by atoms with Gasteiger partial charge in [0.05, 0.1) is 5.54 Å². The van der Waals surface area contributed by atoms with Crippen LogP contribution in [0.4, 0.5) is 4.39 Å². The number of nitrogens with zero attached hydrogens (tertiary/aromatic N) is 1. The average Bonchev–Trinajstić information content (AvgIpc) is 2.30. The third-order valence-electron chi connectivity index (χ3n) is 3.14. The summed E-state index contributed by atoms with van der Waals surface area (Å²) in [6, 6.07) is 4.21. The zero-order chi connectivity index (χ0) is 13.3. The van der Waals surface area contributed by atoms with Gasteiger partial charge in [-0.05, 0) is 37.6 Å². The van der Waals surface area contributed by atoms with Crippen LogP contribution in [0.3, 0.4) is 0 Å². The zero-order valence-electron chi connectivity index (χ0n) is 10.5. The first-order chi connectivity index (χ1) is 8.40. The van der Waals surface area contributed by atoms with Crippen LogP contribution in [0.2, 0.25) is 5.02 Å². The molecular formula is C13H16ClFN2O. The van der Waals surface area contributed by atoms with Gasteiger partial charge in [0.2, 0.25) is 5.91 Å². The van der Waals surface area contributed by atoms with Crippen LogP contribution in [-0.2, 0) is 11.3 Å². The lowest BCUT2D eigenvalue weighted by molar-refractivity contribution is -0.140. The standard InChI is InChI=1S/C13H16ClFN2O/c1-13(2)12(18)17(6-5-16-13)8-9-7-10(15)3-4-11(9)14/h3-4,7,16H,5-6,8H2,1-2H3. The SMILES string of the molecule is CC1(C)NCCN(Cc2cc(F)ccc2Cl)C1=O. The van der Waals surface area contributed by atoms with Crippen molar-refractivity contribution < 1.29 is 9.18 Å². The fourth-order valence-corrected chi connectivity index (χ4v) is 2.27. The fourth-order valence-electron chi connectivity index (χ4n) is 2.10. The van der Waals surface area contributed by atoms with Gasteiger partial charge in [-0.2, -0.15) is 0 Å². The Morgan fingerprint density at radius 1 is 1.50 bits per heavy atom. The van der Waals surface area contributed by atoms with Crippen LogP contribution in [0.15, 0.2) is 18.2 Å². The predicted molar refractivity (Wildman–Crippen MR) is 68.9 cm³/mol. The molecule has 3 nitrogen and oxygen atoms in total. The number of halogens is 2. The Bertz CT molecular complexity index is 476. The normalized spacial score (nSPS) is 19.1. The van der Waals surface area contributed by atoms with E-state index in [2.05, 4.69) is 5.32 Å². The highest BCUT2D eigenvalue weighted by atomic mass is 35.5. The molecule has 1 heterocycles. The highest BCUT2D eigenvalue weighted by Gasteiger charge is 2.35. The molecule has 98 valence electrons. The maximum atomic E-state index is 13.2. The molecule has 1 aliphatic heterocycles. The van der Waals surface area contributed by atoms with E-state index in [0.717, 1.165) is 6.54 Å². The molecule has 0 spiro atoms. The lowest BCUT2D eigenvalue weighted by Crippen LogP contribution is -2.60. The van der Waals surface area contributed by atoms with Crippen molar-refractivity contribution in [3.8, 4) is 0 Å². The second-order valence-corrected chi connectivity index (χ2v) is 5.42. The molecule has 0 radical (unpaired) electrons. The molecule has 0 atom stereocenters. The van der Waals surface area contributed by atoms with E-state index in [1.807, 2.05) is 13.8 Å². The summed E-state index contributed by atoms with van der Waals surface area (Å²) in [7, 11) is 0. The van der Waals surface area contributed by atoms with Gasteiger partial charge in [0.15, 0.2) is 0 Å². The van der Waals surface area contributed by atoms with Gasteiger partial charge in [0.25, 0.3) is 0 Å². The van der Waals surface area contributed by atoms with Crippen LogP contribution in [0.5, 0.6) is 0 Å². The summed E-state index contributed by atoms with van der Waals surface area (Å²) in [5, 5.41) is 3.64. The molecule has 1 amide bonds. The van der Waals surface area contributed by atoms with Crippen molar-refractivity contribution in [3.63, 3.8) is 0 Å². The van der Waals surface area contributed by atoms with Crippen molar-refractivity contribution in [1.29, 1.82) is 0 Å². The zero-order valence-corrected chi connectivity index (χ0v) is 11.2. The van der Waals surface area contributed by atoms with Gasteiger partial charge < -0.3 is 10.2 Å². The second-order valence-electron chi connectivity index (χ2n) is 5.01. The second kappa shape index (κ2) is 4.86. The fraction of sp³-hybridized carbons (Fsp3) is 0.462. The van der Waals surface area contributed by atoms with Gasteiger partial charge in [0.1, 0.15) is 5.82 Å². The van der Waals surface area contributed by atoms with Crippen molar-refractivity contribution in [2.24, 2.45) is 0 Å². The Balaban J connectivity index is 2.18. The van der Waals surface area contributed by atoms with Crippen LogP contribution in [0.25, 0.3) is 0 Å². The smallest absolute Gasteiger partial charge is 0.242 e. The summed E-state index contributed by atoms with van der Waals surface area (Å²) in [6.45, 7) is 5.37. The van der Waals surface area contributed by atoms with E-state index in [-0.39, 0.29) is 11.7 Å². The molecule has 5 heteroatoms. The quantitative estimate of drug-likeness (QED) is 0.893. The first-order valence-corrected chi connectivity index (χ1v) is 6.26. The van der Waals surface area contributed by atoms with Gasteiger partial charge in [-0.1, -0.05) is 11.6 Å². The summed E-state index contributed by atoms with van der Waals surface area (Å²) in [5.74, 6) is -0.328. The van der Waals surface area contributed by atoms with E-state index in [1.54, 1.807) is 4.90 Å². The Morgan fingerprint density at radius 3 is 2.94 bits per heavy atom. The minimum atomic E-state index is -0.571. The molecule has 2 rings (SSSR count). The number of piperazine rings is 1. The topological polar surface area (TPSA) is 32.3 Å². The number of hydrogen-bond acceptors (Lipinski definition) is 2. The van der Waals surface area contributed by atoms with Crippen LogP contribution in [-0.4, -0.2) is 29.4 Å². The summed E-state index contributed by atoms with van der Waals surface area (Å²) >= 11 is 6.01. The lowest BCUT2D eigenvalue weighted by atomic mass is 10.0. The van der Waals surface area contributed by atoms with Crippen molar-refractivity contribution in [2.45, 2.75) is 25.9 Å². The van der Waals surface area contributed by atoms with Gasteiger partial charge in [0, 0.05) is 24.7 Å².